The molecule has 7 nitrogen and oxygen atoms in total. The molecule has 5 rings (SSSR count). The van der Waals surface area contributed by atoms with Gasteiger partial charge in [-0.15, -0.1) is 11.3 Å². The van der Waals surface area contributed by atoms with Crippen molar-refractivity contribution in [3.05, 3.63) is 75.5 Å². The van der Waals surface area contributed by atoms with Crippen LogP contribution in [0.15, 0.2) is 53.9 Å². The zero-order valence-electron chi connectivity index (χ0n) is 21.4. The molecule has 0 unspecified atom stereocenters. The number of hydrogen-bond donors (Lipinski definition) is 0. The number of nitrogens with zero attached hydrogens (tertiary/aromatic N) is 2. The molecule has 2 aromatic carbocycles. The molecular weight excluding hydrogens is 488 g/mol. The van der Waals surface area contributed by atoms with Crippen LogP contribution in [0.4, 0.5) is 0 Å². The third-order valence-corrected chi connectivity index (χ3v) is 7.66. The van der Waals surface area contributed by atoms with Crippen LogP contribution in [0.3, 0.4) is 0 Å². The maximum absolute atomic E-state index is 13.7. The van der Waals surface area contributed by atoms with Crippen LogP contribution in [0.2, 0.25) is 0 Å². The molecule has 0 spiro atoms. The first-order valence-electron chi connectivity index (χ1n) is 12.6. The molecule has 3 aromatic rings. The van der Waals surface area contributed by atoms with E-state index in [1.54, 1.807) is 34.4 Å². The van der Waals surface area contributed by atoms with E-state index in [0.29, 0.717) is 36.8 Å². The van der Waals surface area contributed by atoms with E-state index in [2.05, 4.69) is 11.4 Å². The van der Waals surface area contributed by atoms with E-state index in [-0.39, 0.29) is 37.1 Å². The highest BCUT2D eigenvalue weighted by Crippen LogP contribution is 2.35. The van der Waals surface area contributed by atoms with E-state index in [4.69, 9.17) is 14.2 Å². The van der Waals surface area contributed by atoms with Gasteiger partial charge in [0.25, 0.3) is 5.91 Å². The second-order valence-electron chi connectivity index (χ2n) is 9.92. The Labute approximate surface area is 221 Å². The van der Waals surface area contributed by atoms with Crippen LogP contribution in [0.5, 0.6) is 17.2 Å². The molecule has 194 valence electrons. The molecule has 1 aromatic heterocycles. The lowest BCUT2D eigenvalue weighted by Crippen LogP contribution is -2.48. The second kappa shape index (κ2) is 10.8. The van der Waals surface area contributed by atoms with Gasteiger partial charge in [0.1, 0.15) is 18.9 Å². The summed E-state index contributed by atoms with van der Waals surface area (Å²) in [6.45, 7) is 7.71. The van der Waals surface area contributed by atoms with Crippen molar-refractivity contribution in [2.45, 2.75) is 33.2 Å². The van der Waals surface area contributed by atoms with Crippen LogP contribution in [-0.2, 0) is 11.2 Å². The van der Waals surface area contributed by atoms with Gasteiger partial charge in [-0.1, -0.05) is 31.5 Å². The summed E-state index contributed by atoms with van der Waals surface area (Å²) in [7, 11) is 0. The van der Waals surface area contributed by atoms with E-state index in [1.165, 1.54) is 10.4 Å². The maximum Gasteiger partial charge on any atom is 0.254 e. The molecule has 0 aliphatic carbocycles. The summed E-state index contributed by atoms with van der Waals surface area (Å²) < 4.78 is 17.0. The largest absolute Gasteiger partial charge is 0.491 e. The van der Waals surface area contributed by atoms with E-state index >= 15 is 0 Å². The molecule has 2 aliphatic rings. The summed E-state index contributed by atoms with van der Waals surface area (Å²) in [4.78, 5) is 32.1. The Hall–Kier alpha value is -3.52. The van der Waals surface area contributed by atoms with E-state index in [9.17, 15) is 9.59 Å². The number of rotatable bonds is 8. The molecule has 2 aliphatic heterocycles. The summed E-state index contributed by atoms with van der Waals surface area (Å²) in [6.07, 6.45) is 0.806. The first-order valence-corrected chi connectivity index (χ1v) is 13.5. The first-order chi connectivity index (χ1) is 17.9. The average Bonchev–Trinajstić information content (AvgIpc) is 3.56. The van der Waals surface area contributed by atoms with Gasteiger partial charge in [0, 0.05) is 23.5 Å². The molecule has 2 amide bonds. The molecule has 0 saturated carbocycles. The molecule has 0 saturated heterocycles. The molecule has 3 heterocycles. The van der Waals surface area contributed by atoms with Gasteiger partial charge in [-0.3, -0.25) is 9.59 Å². The number of carbonyl (C=O) groups is 2. The van der Waals surface area contributed by atoms with Gasteiger partial charge in [0.15, 0.2) is 11.5 Å². The van der Waals surface area contributed by atoms with Crippen LogP contribution in [0.25, 0.3) is 0 Å². The second-order valence-corrected chi connectivity index (χ2v) is 10.9. The normalized spacial score (nSPS) is 16.0. The molecular formula is C29H32N2O5S. The number of amides is 2. The fourth-order valence-electron chi connectivity index (χ4n) is 4.81. The van der Waals surface area contributed by atoms with Crippen LogP contribution in [0.1, 0.15) is 46.3 Å². The fraction of sp³-hybridized carbons (Fsp3) is 0.379. The van der Waals surface area contributed by atoms with Crippen molar-refractivity contribution in [2.75, 3.05) is 33.0 Å². The summed E-state index contributed by atoms with van der Waals surface area (Å²) in [6, 6.07) is 15.0. The lowest BCUT2D eigenvalue weighted by atomic mass is 10.00. The molecule has 1 atom stereocenters. The highest BCUT2D eigenvalue weighted by atomic mass is 32.1. The Morgan fingerprint density at radius 3 is 2.68 bits per heavy atom. The highest BCUT2D eigenvalue weighted by molar-refractivity contribution is 7.10. The smallest absolute Gasteiger partial charge is 0.254 e. The van der Waals surface area contributed by atoms with Gasteiger partial charge in [0.2, 0.25) is 12.7 Å². The lowest BCUT2D eigenvalue weighted by molar-refractivity contribution is -0.135. The highest BCUT2D eigenvalue weighted by Gasteiger charge is 2.34. The van der Waals surface area contributed by atoms with Gasteiger partial charge in [-0.05, 0) is 66.6 Å². The fourth-order valence-corrected chi connectivity index (χ4v) is 5.74. The minimum Gasteiger partial charge on any atom is -0.491 e. The summed E-state index contributed by atoms with van der Waals surface area (Å²) in [5.41, 5.74) is 2.78. The van der Waals surface area contributed by atoms with Crippen molar-refractivity contribution in [1.82, 2.24) is 9.80 Å². The number of hydrogen-bond acceptors (Lipinski definition) is 6. The van der Waals surface area contributed by atoms with E-state index in [0.717, 1.165) is 17.7 Å². The topological polar surface area (TPSA) is 68.3 Å². The van der Waals surface area contributed by atoms with Crippen molar-refractivity contribution in [3.8, 4) is 17.2 Å². The van der Waals surface area contributed by atoms with Crippen molar-refractivity contribution in [3.63, 3.8) is 0 Å². The molecule has 0 N–H and O–H groups in total. The number of carbonyl (C=O) groups excluding carboxylic acids is 2. The number of thiophene rings is 1. The Balaban J connectivity index is 1.34. The molecule has 37 heavy (non-hydrogen) atoms. The van der Waals surface area contributed by atoms with Gasteiger partial charge in [0.05, 0.1) is 6.04 Å². The van der Waals surface area contributed by atoms with Crippen LogP contribution < -0.4 is 14.2 Å². The molecule has 0 radical (unpaired) electrons. The van der Waals surface area contributed by atoms with Crippen molar-refractivity contribution < 1.29 is 23.8 Å². The van der Waals surface area contributed by atoms with Crippen molar-refractivity contribution in [1.29, 1.82) is 0 Å². The average molecular weight is 521 g/mol. The van der Waals surface area contributed by atoms with Gasteiger partial charge in [-0.2, -0.15) is 0 Å². The molecule has 8 heteroatoms. The Morgan fingerprint density at radius 1 is 1.11 bits per heavy atom. The quantitative estimate of drug-likeness (QED) is 0.414. The Kier molecular flexibility index (Phi) is 7.37. The minimum absolute atomic E-state index is 0.00591. The third kappa shape index (κ3) is 5.59. The number of aryl methyl sites for hydroxylation is 1. The van der Waals surface area contributed by atoms with E-state index < -0.39 is 0 Å². The standard InChI is InChI=1S/C29H32N2O5S/c1-19(2)15-30(29(33)21-6-9-25-26(14-21)36-18-35-25)16-28(32)31-12-10-27-23(11-13-37-27)24(31)17-34-22-7-4-20(3)5-8-22/h4-9,11,13-14,19,24H,10,12,15-18H2,1-3H3/t24-/m0/s1. The monoisotopic (exact) mass is 520 g/mol. The zero-order valence-corrected chi connectivity index (χ0v) is 22.3. The predicted molar refractivity (Wildman–Crippen MR) is 142 cm³/mol. The summed E-state index contributed by atoms with van der Waals surface area (Å²) in [5, 5.41) is 2.08. The zero-order chi connectivity index (χ0) is 25.9. The van der Waals surface area contributed by atoms with Crippen molar-refractivity contribution >= 4 is 23.2 Å². The van der Waals surface area contributed by atoms with E-state index in [1.807, 2.05) is 49.9 Å². The minimum atomic E-state index is -0.203. The third-order valence-electron chi connectivity index (χ3n) is 6.66. The van der Waals surface area contributed by atoms with Gasteiger partial charge >= 0.3 is 0 Å². The number of fused-ring (bicyclic) bond motifs is 2. The van der Waals surface area contributed by atoms with Crippen LogP contribution >= 0.6 is 11.3 Å². The summed E-state index contributed by atoms with van der Waals surface area (Å²) in [5.74, 6) is 1.89. The van der Waals surface area contributed by atoms with Crippen LogP contribution in [-0.4, -0.2) is 54.6 Å². The lowest BCUT2D eigenvalue weighted by Gasteiger charge is -2.37. The maximum atomic E-state index is 13.7. The number of ether oxygens (including phenoxy) is 3. The van der Waals surface area contributed by atoms with Crippen LogP contribution in [0, 0.1) is 12.8 Å². The predicted octanol–water partition coefficient (Wildman–Crippen LogP) is 5.09. The molecule has 0 bridgehead atoms. The summed E-state index contributed by atoms with van der Waals surface area (Å²) >= 11 is 1.72. The SMILES string of the molecule is Cc1ccc(OC[C@H]2c3ccsc3CCN2C(=O)CN(CC(C)C)C(=O)c2ccc3c(c2)OCO3)cc1. The Bertz CT molecular complexity index is 1270. The Morgan fingerprint density at radius 2 is 1.89 bits per heavy atom. The van der Waals surface area contributed by atoms with Gasteiger partial charge < -0.3 is 24.0 Å². The van der Waals surface area contributed by atoms with Gasteiger partial charge in [-0.25, -0.2) is 0 Å². The number of benzene rings is 2. The molecule has 0 fully saturated rings. The first kappa shape index (κ1) is 25.1. The van der Waals surface area contributed by atoms with Crippen molar-refractivity contribution in [2.24, 2.45) is 5.92 Å².